The summed E-state index contributed by atoms with van der Waals surface area (Å²) in [5.74, 6) is 0.147. The number of phenolic OH excluding ortho intramolecular Hbond substituents is 1. The van der Waals surface area contributed by atoms with Crippen molar-refractivity contribution in [1.82, 2.24) is 4.90 Å². The van der Waals surface area contributed by atoms with E-state index in [0.717, 1.165) is 25.8 Å². The summed E-state index contributed by atoms with van der Waals surface area (Å²) in [4.78, 5) is 14.3. The maximum Gasteiger partial charge on any atom is 0.254 e. The number of nitrogens with zero attached hydrogens (tertiary/aromatic N) is 1. The predicted octanol–water partition coefficient (Wildman–Crippen LogP) is 3.43. The lowest BCUT2D eigenvalue weighted by atomic mass is 10.1. The summed E-state index contributed by atoms with van der Waals surface area (Å²) in [6.45, 7) is 7.04. The standard InChI is InChI=1S/C15H23NO2/c1-4-6-10-16(12(3)5-2)15(18)13-8-7-9-14(17)11-13/h7-9,11-12,17H,4-6,10H2,1-3H3. The predicted molar refractivity (Wildman–Crippen MR) is 73.8 cm³/mol. The van der Waals surface area contributed by atoms with Crippen molar-refractivity contribution in [3.8, 4) is 5.75 Å². The van der Waals surface area contributed by atoms with E-state index in [1.165, 1.54) is 6.07 Å². The number of rotatable bonds is 6. The Labute approximate surface area is 109 Å². The van der Waals surface area contributed by atoms with E-state index in [-0.39, 0.29) is 17.7 Å². The summed E-state index contributed by atoms with van der Waals surface area (Å²) in [6.07, 6.45) is 3.02. The van der Waals surface area contributed by atoms with Crippen molar-refractivity contribution in [3.05, 3.63) is 29.8 Å². The smallest absolute Gasteiger partial charge is 0.254 e. The van der Waals surface area contributed by atoms with Crippen molar-refractivity contribution in [2.75, 3.05) is 6.54 Å². The van der Waals surface area contributed by atoms with Crippen LogP contribution in [0.25, 0.3) is 0 Å². The van der Waals surface area contributed by atoms with Gasteiger partial charge in [-0.1, -0.05) is 26.3 Å². The molecule has 1 unspecified atom stereocenters. The Morgan fingerprint density at radius 2 is 2.11 bits per heavy atom. The minimum absolute atomic E-state index is 0.00806. The monoisotopic (exact) mass is 249 g/mol. The van der Waals surface area contributed by atoms with E-state index in [2.05, 4.69) is 20.8 Å². The van der Waals surface area contributed by atoms with Gasteiger partial charge in [-0.05, 0) is 38.0 Å². The Morgan fingerprint density at radius 1 is 1.39 bits per heavy atom. The molecule has 0 aliphatic carbocycles. The molecule has 0 spiro atoms. The molecule has 0 aliphatic heterocycles. The third-order valence-electron chi connectivity index (χ3n) is 3.23. The first-order valence-electron chi connectivity index (χ1n) is 6.70. The molecule has 1 rings (SSSR count). The van der Waals surface area contributed by atoms with Gasteiger partial charge in [0.1, 0.15) is 5.75 Å². The molecule has 0 saturated carbocycles. The highest BCUT2D eigenvalue weighted by Gasteiger charge is 2.19. The molecule has 0 radical (unpaired) electrons. The summed E-state index contributed by atoms with van der Waals surface area (Å²) in [7, 11) is 0. The molecule has 1 atom stereocenters. The van der Waals surface area contributed by atoms with Crippen molar-refractivity contribution in [3.63, 3.8) is 0 Å². The van der Waals surface area contributed by atoms with Gasteiger partial charge in [-0.3, -0.25) is 4.79 Å². The number of phenols is 1. The van der Waals surface area contributed by atoms with Crippen LogP contribution in [0.2, 0.25) is 0 Å². The van der Waals surface area contributed by atoms with Gasteiger partial charge in [-0.15, -0.1) is 0 Å². The molecule has 0 bridgehead atoms. The van der Waals surface area contributed by atoms with E-state index in [0.29, 0.717) is 5.56 Å². The molecule has 3 heteroatoms. The van der Waals surface area contributed by atoms with Gasteiger partial charge in [-0.25, -0.2) is 0 Å². The zero-order valence-corrected chi connectivity index (χ0v) is 11.5. The van der Waals surface area contributed by atoms with Crippen LogP contribution in [0, 0.1) is 0 Å². The quantitative estimate of drug-likeness (QED) is 0.839. The van der Waals surface area contributed by atoms with E-state index in [1.54, 1.807) is 18.2 Å². The third-order valence-corrected chi connectivity index (χ3v) is 3.23. The first-order valence-corrected chi connectivity index (χ1v) is 6.70. The normalized spacial score (nSPS) is 12.2. The minimum Gasteiger partial charge on any atom is -0.508 e. The SMILES string of the molecule is CCCCN(C(=O)c1cccc(O)c1)C(C)CC. The second-order valence-corrected chi connectivity index (χ2v) is 4.66. The lowest BCUT2D eigenvalue weighted by molar-refractivity contribution is 0.0685. The molecular weight excluding hydrogens is 226 g/mol. The molecule has 1 N–H and O–H groups in total. The Hall–Kier alpha value is -1.51. The zero-order chi connectivity index (χ0) is 13.5. The van der Waals surface area contributed by atoms with Crippen molar-refractivity contribution >= 4 is 5.91 Å². The number of hydrogen-bond donors (Lipinski definition) is 1. The van der Waals surface area contributed by atoms with Crippen molar-refractivity contribution in [2.24, 2.45) is 0 Å². The Morgan fingerprint density at radius 3 is 2.67 bits per heavy atom. The van der Waals surface area contributed by atoms with Crippen molar-refractivity contribution in [2.45, 2.75) is 46.1 Å². The Bertz CT molecular complexity index is 390. The van der Waals surface area contributed by atoms with Gasteiger partial charge >= 0.3 is 0 Å². The maximum absolute atomic E-state index is 12.4. The van der Waals surface area contributed by atoms with Crippen LogP contribution in [-0.4, -0.2) is 28.5 Å². The van der Waals surface area contributed by atoms with Crippen LogP contribution in [-0.2, 0) is 0 Å². The molecule has 0 saturated heterocycles. The van der Waals surface area contributed by atoms with Gasteiger partial charge in [0, 0.05) is 18.2 Å². The van der Waals surface area contributed by atoms with E-state index < -0.39 is 0 Å². The van der Waals surface area contributed by atoms with Crippen LogP contribution < -0.4 is 0 Å². The highest BCUT2D eigenvalue weighted by atomic mass is 16.3. The van der Waals surface area contributed by atoms with E-state index in [1.807, 2.05) is 4.90 Å². The number of carbonyl (C=O) groups is 1. The number of benzene rings is 1. The largest absolute Gasteiger partial charge is 0.508 e. The highest BCUT2D eigenvalue weighted by Crippen LogP contribution is 2.16. The number of amides is 1. The van der Waals surface area contributed by atoms with Gasteiger partial charge in [0.2, 0.25) is 0 Å². The average molecular weight is 249 g/mol. The first kappa shape index (κ1) is 14.6. The number of hydrogen-bond acceptors (Lipinski definition) is 2. The van der Waals surface area contributed by atoms with Gasteiger partial charge < -0.3 is 10.0 Å². The molecule has 1 aromatic carbocycles. The summed E-state index contributed by atoms with van der Waals surface area (Å²) >= 11 is 0. The van der Waals surface area contributed by atoms with Gasteiger partial charge in [-0.2, -0.15) is 0 Å². The molecule has 1 amide bonds. The zero-order valence-electron chi connectivity index (χ0n) is 11.5. The molecule has 1 aromatic rings. The molecular formula is C15H23NO2. The van der Waals surface area contributed by atoms with Crippen LogP contribution in [0.5, 0.6) is 5.75 Å². The third kappa shape index (κ3) is 3.76. The Balaban J connectivity index is 2.87. The van der Waals surface area contributed by atoms with Crippen LogP contribution >= 0.6 is 0 Å². The number of unbranched alkanes of at least 4 members (excludes halogenated alkanes) is 1. The maximum atomic E-state index is 12.4. The number of carbonyl (C=O) groups excluding carboxylic acids is 1. The molecule has 0 aromatic heterocycles. The fraction of sp³-hybridized carbons (Fsp3) is 0.533. The van der Waals surface area contributed by atoms with Crippen LogP contribution in [0.4, 0.5) is 0 Å². The summed E-state index contributed by atoms with van der Waals surface area (Å²) < 4.78 is 0. The molecule has 18 heavy (non-hydrogen) atoms. The molecule has 3 nitrogen and oxygen atoms in total. The van der Waals surface area contributed by atoms with Crippen molar-refractivity contribution < 1.29 is 9.90 Å². The number of aromatic hydroxyl groups is 1. The fourth-order valence-electron chi connectivity index (χ4n) is 1.88. The lowest BCUT2D eigenvalue weighted by Crippen LogP contribution is -2.39. The minimum atomic E-state index is 0.00806. The first-order chi connectivity index (χ1) is 8.60. The van der Waals surface area contributed by atoms with E-state index in [4.69, 9.17) is 0 Å². The average Bonchev–Trinajstić information content (AvgIpc) is 2.38. The molecule has 0 fully saturated rings. The second kappa shape index (κ2) is 7.04. The van der Waals surface area contributed by atoms with Crippen LogP contribution in [0.15, 0.2) is 24.3 Å². The summed E-state index contributed by atoms with van der Waals surface area (Å²) in [6, 6.07) is 6.80. The van der Waals surface area contributed by atoms with E-state index in [9.17, 15) is 9.90 Å². The molecule has 0 heterocycles. The molecule has 100 valence electrons. The van der Waals surface area contributed by atoms with Gasteiger partial charge in [0.05, 0.1) is 0 Å². The highest BCUT2D eigenvalue weighted by molar-refractivity contribution is 5.94. The van der Waals surface area contributed by atoms with Crippen molar-refractivity contribution in [1.29, 1.82) is 0 Å². The van der Waals surface area contributed by atoms with Gasteiger partial charge in [0.15, 0.2) is 0 Å². The Kier molecular flexibility index (Phi) is 5.69. The lowest BCUT2D eigenvalue weighted by Gasteiger charge is -2.28. The van der Waals surface area contributed by atoms with Gasteiger partial charge in [0.25, 0.3) is 5.91 Å². The second-order valence-electron chi connectivity index (χ2n) is 4.66. The van der Waals surface area contributed by atoms with Crippen LogP contribution in [0.3, 0.4) is 0 Å². The summed E-state index contributed by atoms with van der Waals surface area (Å²) in [5, 5.41) is 9.44. The fourth-order valence-corrected chi connectivity index (χ4v) is 1.88. The topological polar surface area (TPSA) is 40.5 Å². The van der Waals surface area contributed by atoms with E-state index >= 15 is 0 Å². The molecule has 0 aliphatic rings. The van der Waals surface area contributed by atoms with Crippen LogP contribution in [0.1, 0.15) is 50.4 Å². The summed E-state index contributed by atoms with van der Waals surface area (Å²) in [5.41, 5.74) is 0.561.